The Hall–Kier alpha value is -1.29. The van der Waals surface area contributed by atoms with Gasteiger partial charge in [0, 0.05) is 6.07 Å². The summed E-state index contributed by atoms with van der Waals surface area (Å²) in [6, 6.07) is 3.27. The van der Waals surface area contributed by atoms with Crippen LogP contribution >= 0.6 is 0 Å². The van der Waals surface area contributed by atoms with Crippen LogP contribution in [0.15, 0.2) is 12.1 Å². The molecule has 4 heteroatoms. The molecule has 0 aromatic heterocycles. The summed E-state index contributed by atoms with van der Waals surface area (Å²) in [6.07, 6.45) is 4.07. The maximum atomic E-state index is 14.4. The number of hydrogen-bond acceptors (Lipinski definition) is 3. The summed E-state index contributed by atoms with van der Waals surface area (Å²) in [7, 11) is 0. The molecule has 0 bridgehead atoms. The maximum absolute atomic E-state index is 14.4. The smallest absolute Gasteiger partial charge is 0.164 e. The highest BCUT2D eigenvalue weighted by Crippen LogP contribution is 2.36. The average molecular weight is 324 g/mol. The third kappa shape index (κ3) is 4.84. The van der Waals surface area contributed by atoms with Crippen molar-refractivity contribution in [2.75, 3.05) is 13.2 Å². The summed E-state index contributed by atoms with van der Waals surface area (Å²) in [5, 5.41) is 0. The molecule has 1 saturated heterocycles. The second kappa shape index (κ2) is 8.53. The number of rotatable bonds is 10. The molecule has 3 atom stereocenters. The van der Waals surface area contributed by atoms with Gasteiger partial charge in [-0.1, -0.05) is 27.7 Å². The second-order valence-corrected chi connectivity index (χ2v) is 6.32. The van der Waals surface area contributed by atoms with E-state index in [1.807, 2.05) is 6.92 Å². The quantitative estimate of drug-likeness (QED) is 0.581. The third-order valence-electron chi connectivity index (χ3n) is 4.16. The normalized spacial score (nSPS) is 21.1. The van der Waals surface area contributed by atoms with E-state index in [2.05, 4.69) is 20.8 Å². The van der Waals surface area contributed by atoms with E-state index in [1.165, 1.54) is 6.07 Å². The number of hydrogen-bond donors (Lipinski definition) is 0. The van der Waals surface area contributed by atoms with Gasteiger partial charge in [-0.3, -0.25) is 0 Å². The minimum Gasteiger partial charge on any atom is -0.490 e. The van der Waals surface area contributed by atoms with Gasteiger partial charge in [0.1, 0.15) is 5.82 Å². The van der Waals surface area contributed by atoms with Gasteiger partial charge in [0.25, 0.3) is 0 Å². The Morgan fingerprint density at radius 1 is 1.09 bits per heavy atom. The van der Waals surface area contributed by atoms with Gasteiger partial charge >= 0.3 is 0 Å². The van der Waals surface area contributed by atoms with Crippen LogP contribution in [0, 0.1) is 11.7 Å². The van der Waals surface area contributed by atoms with Gasteiger partial charge in [-0.05, 0) is 43.2 Å². The fraction of sp³-hybridized carbons (Fsp3) is 0.684. The van der Waals surface area contributed by atoms with E-state index in [0.29, 0.717) is 48.7 Å². The molecule has 1 aliphatic heterocycles. The van der Waals surface area contributed by atoms with Gasteiger partial charge in [-0.15, -0.1) is 0 Å². The van der Waals surface area contributed by atoms with Crippen molar-refractivity contribution in [3.63, 3.8) is 0 Å². The SMILES string of the molecule is CCCOc1cc(F)c(CC(C)C2OC2CC)cc1OCCC. The lowest BCUT2D eigenvalue weighted by atomic mass is 9.95. The van der Waals surface area contributed by atoms with Gasteiger partial charge in [0.05, 0.1) is 25.4 Å². The first-order valence-corrected chi connectivity index (χ1v) is 8.84. The summed E-state index contributed by atoms with van der Waals surface area (Å²) in [5.74, 6) is 1.23. The fourth-order valence-electron chi connectivity index (χ4n) is 2.83. The predicted octanol–water partition coefficient (Wildman–Crippen LogP) is 4.76. The van der Waals surface area contributed by atoms with Crippen LogP contribution in [0.3, 0.4) is 0 Å². The van der Waals surface area contributed by atoms with Crippen molar-refractivity contribution in [3.05, 3.63) is 23.5 Å². The Labute approximate surface area is 139 Å². The monoisotopic (exact) mass is 324 g/mol. The second-order valence-electron chi connectivity index (χ2n) is 6.32. The lowest BCUT2D eigenvalue weighted by Gasteiger charge is -2.16. The highest BCUT2D eigenvalue weighted by molar-refractivity contribution is 5.44. The lowest BCUT2D eigenvalue weighted by molar-refractivity contribution is 0.266. The molecule has 1 aromatic rings. The standard InChI is InChI=1S/C19H29FO3/c1-5-8-21-17-11-14(10-13(4)19-16(7-3)23-19)15(20)12-18(17)22-9-6-2/h11-13,16,19H,5-10H2,1-4H3. The molecular weight excluding hydrogens is 295 g/mol. The van der Waals surface area contributed by atoms with Crippen LogP contribution < -0.4 is 9.47 Å². The molecule has 130 valence electrons. The van der Waals surface area contributed by atoms with Crippen molar-refractivity contribution in [2.45, 2.75) is 65.6 Å². The van der Waals surface area contributed by atoms with Crippen LogP contribution in [0.1, 0.15) is 52.5 Å². The van der Waals surface area contributed by atoms with Crippen molar-refractivity contribution in [1.29, 1.82) is 0 Å². The summed E-state index contributed by atoms with van der Waals surface area (Å²) in [4.78, 5) is 0. The highest BCUT2D eigenvalue weighted by Gasteiger charge is 2.41. The Morgan fingerprint density at radius 2 is 1.70 bits per heavy atom. The molecule has 2 rings (SSSR count). The first-order valence-electron chi connectivity index (χ1n) is 8.84. The molecule has 1 fully saturated rings. The van der Waals surface area contributed by atoms with Crippen molar-refractivity contribution < 1.29 is 18.6 Å². The zero-order valence-corrected chi connectivity index (χ0v) is 14.7. The number of halogens is 1. The third-order valence-corrected chi connectivity index (χ3v) is 4.16. The van der Waals surface area contributed by atoms with Crippen LogP contribution in [0.2, 0.25) is 0 Å². The molecule has 0 saturated carbocycles. The summed E-state index contributed by atoms with van der Waals surface area (Å²) >= 11 is 0. The van der Waals surface area contributed by atoms with E-state index < -0.39 is 0 Å². The zero-order chi connectivity index (χ0) is 16.8. The number of benzene rings is 1. The highest BCUT2D eigenvalue weighted by atomic mass is 19.1. The minimum absolute atomic E-state index is 0.222. The van der Waals surface area contributed by atoms with Gasteiger partial charge in [0.15, 0.2) is 11.5 Å². The molecule has 0 N–H and O–H groups in total. The van der Waals surface area contributed by atoms with Crippen molar-refractivity contribution in [2.24, 2.45) is 5.92 Å². The summed E-state index contributed by atoms with van der Waals surface area (Å²) < 4.78 is 31.4. The van der Waals surface area contributed by atoms with Crippen molar-refractivity contribution in [1.82, 2.24) is 0 Å². The first-order chi connectivity index (χ1) is 11.1. The number of epoxide rings is 1. The molecule has 0 spiro atoms. The van der Waals surface area contributed by atoms with Crippen molar-refractivity contribution >= 4 is 0 Å². The van der Waals surface area contributed by atoms with Crippen LogP contribution in [-0.4, -0.2) is 25.4 Å². The molecule has 0 aliphatic carbocycles. The Morgan fingerprint density at radius 3 is 2.22 bits per heavy atom. The fourth-order valence-corrected chi connectivity index (χ4v) is 2.83. The Bertz CT molecular complexity index is 504. The topological polar surface area (TPSA) is 31.0 Å². The van der Waals surface area contributed by atoms with Crippen molar-refractivity contribution in [3.8, 4) is 11.5 Å². The Kier molecular flexibility index (Phi) is 6.70. The molecule has 1 aromatic carbocycles. The number of ether oxygens (including phenoxy) is 3. The van der Waals surface area contributed by atoms with E-state index >= 15 is 0 Å². The van der Waals surface area contributed by atoms with Gasteiger partial charge in [0.2, 0.25) is 0 Å². The molecule has 1 aliphatic rings. The average Bonchev–Trinajstić information content (AvgIpc) is 3.33. The van der Waals surface area contributed by atoms with Gasteiger partial charge < -0.3 is 14.2 Å². The minimum atomic E-state index is -0.222. The summed E-state index contributed by atoms with van der Waals surface area (Å²) in [5.41, 5.74) is 0.679. The van der Waals surface area contributed by atoms with E-state index in [4.69, 9.17) is 14.2 Å². The van der Waals surface area contributed by atoms with Crippen LogP contribution in [-0.2, 0) is 11.2 Å². The van der Waals surface area contributed by atoms with E-state index in [0.717, 1.165) is 19.3 Å². The van der Waals surface area contributed by atoms with Crippen LogP contribution in [0.25, 0.3) is 0 Å². The predicted molar refractivity (Wildman–Crippen MR) is 89.8 cm³/mol. The molecule has 23 heavy (non-hydrogen) atoms. The van der Waals surface area contributed by atoms with E-state index in [9.17, 15) is 4.39 Å². The first kappa shape index (κ1) is 18.1. The molecule has 3 unspecified atom stereocenters. The Balaban J connectivity index is 2.11. The molecule has 0 radical (unpaired) electrons. The molecule has 0 amide bonds. The van der Waals surface area contributed by atoms with Crippen LogP contribution in [0.5, 0.6) is 11.5 Å². The zero-order valence-electron chi connectivity index (χ0n) is 14.7. The van der Waals surface area contributed by atoms with E-state index in [1.54, 1.807) is 6.07 Å². The maximum Gasteiger partial charge on any atom is 0.164 e. The van der Waals surface area contributed by atoms with Gasteiger partial charge in [-0.2, -0.15) is 0 Å². The van der Waals surface area contributed by atoms with E-state index in [-0.39, 0.29) is 11.9 Å². The lowest BCUT2D eigenvalue weighted by Crippen LogP contribution is -2.11. The van der Waals surface area contributed by atoms with Gasteiger partial charge in [-0.25, -0.2) is 4.39 Å². The van der Waals surface area contributed by atoms with Crippen LogP contribution in [0.4, 0.5) is 4.39 Å². The molecule has 3 nitrogen and oxygen atoms in total. The molecule has 1 heterocycles. The largest absolute Gasteiger partial charge is 0.490 e. The molecular formula is C19H29FO3. The summed E-state index contributed by atoms with van der Waals surface area (Å²) in [6.45, 7) is 9.48.